The number of benzene rings is 1. The Morgan fingerprint density at radius 2 is 2.37 bits per heavy atom. The molecule has 0 atom stereocenters. The fraction of sp³-hybridized carbons (Fsp3) is 0.200. The minimum absolute atomic E-state index is 0.130. The van der Waals surface area contributed by atoms with Crippen LogP contribution in [-0.2, 0) is 11.8 Å². The summed E-state index contributed by atoms with van der Waals surface area (Å²) >= 11 is 1.19. The molecule has 19 heavy (non-hydrogen) atoms. The lowest BCUT2D eigenvalue weighted by molar-refractivity contribution is -0.113. The first kappa shape index (κ1) is 13.3. The van der Waals surface area contributed by atoms with E-state index in [0.717, 1.165) is 6.07 Å². The number of halogens is 1. The highest BCUT2D eigenvalue weighted by atomic mass is 32.2. The van der Waals surface area contributed by atoms with Crippen molar-refractivity contribution in [3.8, 4) is 0 Å². The molecule has 2 rings (SSSR count). The van der Waals surface area contributed by atoms with Crippen LogP contribution >= 0.6 is 11.8 Å². The van der Waals surface area contributed by atoms with Crippen molar-refractivity contribution in [2.75, 3.05) is 16.8 Å². The summed E-state index contributed by atoms with van der Waals surface area (Å²) in [6, 6.07) is 3.79. The van der Waals surface area contributed by atoms with Gasteiger partial charge in [0, 0.05) is 7.05 Å². The molecule has 0 aliphatic rings. The smallest absolute Gasteiger partial charge is 0.234 e. The van der Waals surface area contributed by atoms with Gasteiger partial charge in [-0.2, -0.15) is 0 Å². The van der Waals surface area contributed by atoms with E-state index in [1.165, 1.54) is 28.6 Å². The lowest BCUT2D eigenvalue weighted by atomic mass is 10.2. The van der Waals surface area contributed by atoms with Gasteiger partial charge in [0.25, 0.3) is 0 Å². The third-order valence-electron chi connectivity index (χ3n) is 2.20. The summed E-state index contributed by atoms with van der Waals surface area (Å²) in [5.41, 5.74) is 6.14. The standard InChI is InChI=1S/C10H11FN6OS/c1-17-10(14-15-16-17)19-5-9(18)13-8-3-2-6(11)4-7(8)12/h2-4H,5,12H2,1H3,(H,13,18). The quantitative estimate of drug-likeness (QED) is 0.631. The van der Waals surface area contributed by atoms with E-state index in [-0.39, 0.29) is 17.3 Å². The number of nitrogens with one attached hydrogen (secondary N) is 1. The predicted octanol–water partition coefficient (Wildman–Crippen LogP) is 0.662. The molecule has 1 amide bonds. The van der Waals surface area contributed by atoms with Gasteiger partial charge in [-0.05, 0) is 28.6 Å². The minimum atomic E-state index is -0.449. The molecule has 9 heteroatoms. The number of tetrazole rings is 1. The topological polar surface area (TPSA) is 98.7 Å². The minimum Gasteiger partial charge on any atom is -0.397 e. The van der Waals surface area contributed by atoms with E-state index in [4.69, 9.17) is 5.73 Å². The lowest BCUT2D eigenvalue weighted by Gasteiger charge is -2.07. The predicted molar refractivity (Wildman–Crippen MR) is 69.0 cm³/mol. The van der Waals surface area contributed by atoms with Crippen LogP contribution in [0.1, 0.15) is 0 Å². The van der Waals surface area contributed by atoms with Crippen LogP contribution in [0.3, 0.4) is 0 Å². The number of aryl methyl sites for hydroxylation is 1. The fourth-order valence-electron chi connectivity index (χ4n) is 1.31. The maximum atomic E-state index is 12.8. The highest BCUT2D eigenvalue weighted by Gasteiger charge is 2.09. The number of hydrogen-bond acceptors (Lipinski definition) is 6. The van der Waals surface area contributed by atoms with Crippen LogP contribution in [0.15, 0.2) is 23.4 Å². The maximum absolute atomic E-state index is 12.8. The molecule has 0 aliphatic carbocycles. The highest BCUT2D eigenvalue weighted by Crippen LogP contribution is 2.20. The first-order valence-corrected chi connectivity index (χ1v) is 6.25. The molecular formula is C10H11FN6OS. The van der Waals surface area contributed by atoms with Crippen LogP contribution < -0.4 is 11.1 Å². The zero-order valence-corrected chi connectivity index (χ0v) is 10.8. The number of amides is 1. The zero-order valence-electron chi connectivity index (χ0n) is 10.00. The van der Waals surface area contributed by atoms with Crippen molar-refractivity contribution in [1.29, 1.82) is 0 Å². The first-order valence-electron chi connectivity index (χ1n) is 5.26. The maximum Gasteiger partial charge on any atom is 0.234 e. The van der Waals surface area contributed by atoms with Crippen LogP contribution in [-0.4, -0.2) is 31.9 Å². The molecule has 0 saturated heterocycles. The van der Waals surface area contributed by atoms with Gasteiger partial charge < -0.3 is 11.1 Å². The Labute approximate surface area is 112 Å². The summed E-state index contributed by atoms with van der Waals surface area (Å²) in [6.07, 6.45) is 0. The molecule has 1 heterocycles. The van der Waals surface area contributed by atoms with Gasteiger partial charge in [0.05, 0.1) is 17.1 Å². The second-order valence-corrected chi connectivity index (χ2v) is 4.60. The Hall–Kier alpha value is -2.16. The van der Waals surface area contributed by atoms with Crippen molar-refractivity contribution in [3.63, 3.8) is 0 Å². The number of rotatable bonds is 4. The van der Waals surface area contributed by atoms with Gasteiger partial charge in [0.15, 0.2) is 0 Å². The number of carbonyl (C=O) groups excluding carboxylic acids is 1. The number of thioether (sulfide) groups is 1. The molecule has 0 fully saturated rings. The molecule has 1 aromatic carbocycles. The molecule has 1 aromatic heterocycles. The van der Waals surface area contributed by atoms with Crippen LogP contribution in [0.25, 0.3) is 0 Å². The van der Waals surface area contributed by atoms with Crippen LogP contribution in [0.4, 0.5) is 15.8 Å². The molecule has 0 radical (unpaired) electrons. The van der Waals surface area contributed by atoms with Gasteiger partial charge in [-0.25, -0.2) is 9.07 Å². The van der Waals surface area contributed by atoms with E-state index in [0.29, 0.717) is 10.8 Å². The normalized spacial score (nSPS) is 10.4. The second kappa shape index (κ2) is 5.65. The Morgan fingerprint density at radius 1 is 1.58 bits per heavy atom. The van der Waals surface area contributed by atoms with Crippen molar-refractivity contribution in [2.24, 2.45) is 7.05 Å². The summed E-state index contributed by atoms with van der Waals surface area (Å²) in [5.74, 6) is -0.591. The Bertz CT molecular complexity index is 601. The van der Waals surface area contributed by atoms with Crippen molar-refractivity contribution >= 4 is 29.0 Å². The van der Waals surface area contributed by atoms with E-state index in [1.54, 1.807) is 7.05 Å². The molecule has 0 aliphatic heterocycles. The number of nitrogens with zero attached hydrogens (tertiary/aromatic N) is 4. The van der Waals surface area contributed by atoms with E-state index in [1.807, 2.05) is 0 Å². The summed E-state index contributed by atoms with van der Waals surface area (Å²) < 4.78 is 14.3. The Kier molecular flexibility index (Phi) is 3.95. The van der Waals surface area contributed by atoms with Gasteiger partial charge in [-0.1, -0.05) is 11.8 Å². The molecule has 3 N–H and O–H groups in total. The van der Waals surface area contributed by atoms with E-state index in [9.17, 15) is 9.18 Å². The number of carbonyl (C=O) groups is 1. The monoisotopic (exact) mass is 282 g/mol. The zero-order chi connectivity index (χ0) is 13.8. The number of nitrogens with two attached hydrogens (primary N) is 1. The van der Waals surface area contributed by atoms with Gasteiger partial charge in [0.2, 0.25) is 11.1 Å². The molecule has 0 saturated carbocycles. The molecule has 0 bridgehead atoms. The Balaban J connectivity index is 1.93. The first-order chi connectivity index (χ1) is 9.06. The lowest BCUT2D eigenvalue weighted by Crippen LogP contribution is -2.15. The molecule has 0 spiro atoms. The third kappa shape index (κ3) is 3.41. The van der Waals surface area contributed by atoms with Gasteiger partial charge in [-0.15, -0.1) is 5.10 Å². The molecule has 0 unspecified atom stereocenters. The molecular weight excluding hydrogens is 271 g/mol. The largest absolute Gasteiger partial charge is 0.397 e. The van der Waals surface area contributed by atoms with Crippen LogP contribution in [0, 0.1) is 5.82 Å². The summed E-state index contributed by atoms with van der Waals surface area (Å²) in [4.78, 5) is 11.7. The highest BCUT2D eigenvalue weighted by molar-refractivity contribution is 7.99. The number of nitrogen functional groups attached to an aromatic ring is 1. The van der Waals surface area contributed by atoms with Crippen LogP contribution in [0.5, 0.6) is 0 Å². The fourth-order valence-corrected chi connectivity index (χ4v) is 1.96. The van der Waals surface area contributed by atoms with Crippen molar-refractivity contribution in [1.82, 2.24) is 20.2 Å². The average Bonchev–Trinajstić information content (AvgIpc) is 2.76. The number of anilines is 2. The molecule has 2 aromatic rings. The molecule has 100 valence electrons. The summed E-state index contributed by atoms with van der Waals surface area (Å²) in [7, 11) is 1.68. The van der Waals surface area contributed by atoms with Crippen molar-refractivity contribution in [2.45, 2.75) is 5.16 Å². The van der Waals surface area contributed by atoms with E-state index < -0.39 is 5.82 Å². The summed E-state index contributed by atoms with van der Waals surface area (Å²) in [5, 5.41) is 14.0. The SMILES string of the molecule is Cn1nnnc1SCC(=O)Nc1ccc(F)cc1N. The third-order valence-corrected chi connectivity index (χ3v) is 3.21. The Morgan fingerprint density at radius 3 is 3.00 bits per heavy atom. The summed E-state index contributed by atoms with van der Waals surface area (Å²) in [6.45, 7) is 0. The van der Waals surface area contributed by atoms with Gasteiger partial charge in [-0.3, -0.25) is 4.79 Å². The average molecular weight is 282 g/mol. The second-order valence-electron chi connectivity index (χ2n) is 3.65. The van der Waals surface area contributed by atoms with Gasteiger partial charge >= 0.3 is 0 Å². The van der Waals surface area contributed by atoms with Crippen molar-refractivity contribution in [3.05, 3.63) is 24.0 Å². The van der Waals surface area contributed by atoms with Crippen molar-refractivity contribution < 1.29 is 9.18 Å². The molecule has 7 nitrogen and oxygen atoms in total. The van der Waals surface area contributed by atoms with Crippen LogP contribution in [0.2, 0.25) is 0 Å². The number of hydrogen-bond donors (Lipinski definition) is 2. The number of aromatic nitrogens is 4. The van der Waals surface area contributed by atoms with E-state index >= 15 is 0 Å². The van der Waals surface area contributed by atoms with E-state index in [2.05, 4.69) is 20.8 Å². The van der Waals surface area contributed by atoms with Gasteiger partial charge in [0.1, 0.15) is 5.82 Å².